The molecule has 2 atom stereocenters. The highest BCUT2D eigenvalue weighted by molar-refractivity contribution is 4.86. The zero-order valence-electron chi connectivity index (χ0n) is 9.69. The van der Waals surface area contributed by atoms with Crippen LogP contribution in [-0.2, 0) is 0 Å². The molecule has 1 heterocycles. The molecule has 1 aliphatic heterocycles. The summed E-state index contributed by atoms with van der Waals surface area (Å²) >= 11 is 0. The summed E-state index contributed by atoms with van der Waals surface area (Å²) in [6.07, 6.45) is -9.31. The summed E-state index contributed by atoms with van der Waals surface area (Å²) in [5.41, 5.74) is 5.10. The molecule has 0 saturated carbocycles. The van der Waals surface area contributed by atoms with E-state index in [1.807, 2.05) is 0 Å². The van der Waals surface area contributed by atoms with E-state index in [2.05, 4.69) is 0 Å². The van der Waals surface area contributed by atoms with E-state index in [0.717, 1.165) is 4.90 Å². The predicted octanol–water partition coefficient (Wildman–Crippen LogP) is 2.54. The lowest BCUT2D eigenvalue weighted by Gasteiger charge is -2.39. The van der Waals surface area contributed by atoms with Crippen LogP contribution < -0.4 is 5.73 Å². The van der Waals surface area contributed by atoms with Gasteiger partial charge in [0.2, 0.25) is 0 Å². The molecule has 0 bridgehead atoms. The molecular weight excluding hydrogens is 262 g/mol. The van der Waals surface area contributed by atoms with Crippen molar-refractivity contribution in [3.8, 4) is 0 Å². The zero-order valence-corrected chi connectivity index (χ0v) is 9.69. The van der Waals surface area contributed by atoms with E-state index >= 15 is 0 Å². The molecule has 2 unspecified atom stereocenters. The van der Waals surface area contributed by atoms with Crippen LogP contribution >= 0.6 is 0 Å². The van der Waals surface area contributed by atoms with Gasteiger partial charge in [-0.1, -0.05) is 0 Å². The van der Waals surface area contributed by atoms with Gasteiger partial charge in [0.25, 0.3) is 0 Å². The first-order valence-electron chi connectivity index (χ1n) is 5.73. The fourth-order valence-electron chi connectivity index (χ4n) is 2.27. The maximum absolute atomic E-state index is 12.7. The highest BCUT2D eigenvalue weighted by Crippen LogP contribution is 2.36. The third kappa shape index (κ3) is 4.01. The Morgan fingerprint density at radius 2 is 1.78 bits per heavy atom. The van der Waals surface area contributed by atoms with Gasteiger partial charge in [-0.05, 0) is 32.4 Å². The molecule has 0 amide bonds. The first-order chi connectivity index (χ1) is 8.16. The van der Waals surface area contributed by atoms with Crippen LogP contribution in [0.25, 0.3) is 0 Å². The Morgan fingerprint density at radius 3 is 2.22 bits per heavy atom. The lowest BCUT2D eigenvalue weighted by molar-refractivity contribution is -0.216. The van der Waals surface area contributed by atoms with Gasteiger partial charge in [0.05, 0.1) is 5.92 Å². The highest BCUT2D eigenvalue weighted by Gasteiger charge is 2.48. The first-order valence-corrected chi connectivity index (χ1v) is 5.73. The van der Waals surface area contributed by atoms with Crippen molar-refractivity contribution in [2.24, 2.45) is 11.7 Å². The molecule has 1 fully saturated rings. The summed E-state index contributed by atoms with van der Waals surface area (Å²) in [6.45, 7) is -0.748. The van der Waals surface area contributed by atoms with Crippen molar-refractivity contribution < 1.29 is 26.3 Å². The summed E-state index contributed by atoms with van der Waals surface area (Å²) in [5.74, 6) is -1.67. The standard InChI is InChI=1S/C10H16F6N2/c11-9(12,13)7-2-1-5-18(6-7)8(3-4-17)10(14,15)16/h7-8H,1-6,17H2. The minimum atomic E-state index is -4.53. The normalized spacial score (nSPS) is 25.2. The monoisotopic (exact) mass is 278 g/mol. The lowest BCUT2D eigenvalue weighted by atomic mass is 9.95. The van der Waals surface area contributed by atoms with Crippen molar-refractivity contribution in [3.63, 3.8) is 0 Å². The van der Waals surface area contributed by atoms with Gasteiger partial charge < -0.3 is 5.73 Å². The van der Waals surface area contributed by atoms with Crippen molar-refractivity contribution in [1.82, 2.24) is 4.90 Å². The molecule has 0 aromatic rings. The van der Waals surface area contributed by atoms with Gasteiger partial charge in [-0.3, -0.25) is 4.90 Å². The summed E-state index contributed by atoms with van der Waals surface area (Å²) in [6, 6.07) is -1.87. The van der Waals surface area contributed by atoms with Crippen molar-refractivity contribution >= 4 is 0 Å². The molecule has 8 heteroatoms. The molecule has 2 nitrogen and oxygen atoms in total. The van der Waals surface area contributed by atoms with E-state index in [1.165, 1.54) is 0 Å². The number of rotatable bonds is 3. The van der Waals surface area contributed by atoms with Crippen molar-refractivity contribution in [1.29, 1.82) is 0 Å². The summed E-state index contributed by atoms with van der Waals surface area (Å²) < 4.78 is 75.8. The minimum absolute atomic E-state index is 0.0384. The quantitative estimate of drug-likeness (QED) is 0.804. The van der Waals surface area contributed by atoms with Crippen molar-refractivity contribution in [3.05, 3.63) is 0 Å². The predicted molar refractivity (Wildman–Crippen MR) is 53.9 cm³/mol. The van der Waals surface area contributed by atoms with E-state index in [9.17, 15) is 26.3 Å². The topological polar surface area (TPSA) is 29.3 Å². The summed E-state index contributed by atoms with van der Waals surface area (Å²) in [4.78, 5) is 0.870. The Hall–Kier alpha value is -0.500. The van der Waals surface area contributed by atoms with E-state index < -0.39 is 30.9 Å². The molecule has 108 valence electrons. The second-order valence-electron chi connectivity index (χ2n) is 4.51. The summed E-state index contributed by atoms with van der Waals surface area (Å²) in [7, 11) is 0. The van der Waals surface area contributed by atoms with E-state index in [0.29, 0.717) is 0 Å². The van der Waals surface area contributed by atoms with Crippen LogP contribution in [0.4, 0.5) is 26.3 Å². The number of alkyl halides is 6. The maximum atomic E-state index is 12.7. The Bertz CT molecular complexity index is 262. The average Bonchev–Trinajstić information content (AvgIpc) is 2.23. The lowest BCUT2D eigenvalue weighted by Crippen LogP contribution is -2.52. The van der Waals surface area contributed by atoms with Gasteiger partial charge in [0, 0.05) is 6.54 Å². The number of halogens is 6. The van der Waals surface area contributed by atoms with Gasteiger partial charge in [-0.15, -0.1) is 0 Å². The van der Waals surface area contributed by atoms with Gasteiger partial charge in [0.15, 0.2) is 0 Å². The van der Waals surface area contributed by atoms with E-state index in [1.54, 1.807) is 0 Å². The number of nitrogens with zero attached hydrogens (tertiary/aromatic N) is 1. The largest absolute Gasteiger partial charge is 0.404 e. The summed E-state index contributed by atoms with van der Waals surface area (Å²) in [5, 5.41) is 0. The van der Waals surface area contributed by atoms with Crippen LogP contribution in [0.1, 0.15) is 19.3 Å². The van der Waals surface area contributed by atoms with Crippen LogP contribution in [0.5, 0.6) is 0 Å². The molecule has 0 aromatic carbocycles. The van der Waals surface area contributed by atoms with Crippen molar-refractivity contribution in [2.45, 2.75) is 37.7 Å². The Labute approximate surface area is 101 Å². The van der Waals surface area contributed by atoms with Crippen molar-refractivity contribution in [2.75, 3.05) is 19.6 Å². The first kappa shape index (κ1) is 15.6. The molecule has 18 heavy (non-hydrogen) atoms. The molecule has 0 spiro atoms. The Balaban J connectivity index is 2.74. The van der Waals surface area contributed by atoms with Crippen LogP contribution in [0.3, 0.4) is 0 Å². The van der Waals surface area contributed by atoms with Gasteiger partial charge in [0.1, 0.15) is 6.04 Å². The number of likely N-dealkylation sites (tertiary alicyclic amines) is 1. The van der Waals surface area contributed by atoms with Gasteiger partial charge in [-0.25, -0.2) is 0 Å². The van der Waals surface area contributed by atoms with Crippen LogP contribution in [-0.4, -0.2) is 42.9 Å². The SMILES string of the molecule is NCCC(N1CCCC(C(F)(F)F)C1)C(F)(F)F. The fourth-order valence-corrected chi connectivity index (χ4v) is 2.27. The maximum Gasteiger partial charge on any atom is 0.404 e. The highest BCUT2D eigenvalue weighted by atomic mass is 19.4. The molecule has 1 saturated heterocycles. The second kappa shape index (κ2) is 5.64. The van der Waals surface area contributed by atoms with E-state index in [4.69, 9.17) is 5.73 Å². The molecule has 1 rings (SSSR count). The molecule has 0 radical (unpaired) electrons. The third-order valence-electron chi connectivity index (χ3n) is 3.17. The number of hydrogen-bond acceptors (Lipinski definition) is 2. The zero-order chi connectivity index (χ0) is 14.0. The van der Waals surface area contributed by atoms with Gasteiger partial charge in [-0.2, -0.15) is 26.3 Å². The third-order valence-corrected chi connectivity index (χ3v) is 3.17. The number of piperidine rings is 1. The average molecular weight is 278 g/mol. The second-order valence-corrected chi connectivity index (χ2v) is 4.51. The van der Waals surface area contributed by atoms with Crippen LogP contribution in [0.15, 0.2) is 0 Å². The van der Waals surface area contributed by atoms with Gasteiger partial charge >= 0.3 is 12.4 Å². The Morgan fingerprint density at radius 1 is 1.17 bits per heavy atom. The molecule has 0 aromatic heterocycles. The Kier molecular flexibility index (Phi) is 4.88. The van der Waals surface area contributed by atoms with Crippen LogP contribution in [0.2, 0.25) is 0 Å². The minimum Gasteiger partial charge on any atom is -0.330 e. The number of nitrogens with two attached hydrogens (primary N) is 1. The molecular formula is C10H16F6N2. The van der Waals surface area contributed by atoms with E-state index in [-0.39, 0.29) is 32.4 Å². The fraction of sp³-hybridized carbons (Fsp3) is 1.00. The molecule has 1 aliphatic rings. The molecule has 0 aliphatic carbocycles. The number of hydrogen-bond donors (Lipinski definition) is 1. The molecule has 2 N–H and O–H groups in total. The smallest absolute Gasteiger partial charge is 0.330 e. The van der Waals surface area contributed by atoms with Crippen LogP contribution in [0, 0.1) is 5.92 Å².